The van der Waals surface area contributed by atoms with Crippen LogP contribution in [0.2, 0.25) is 0 Å². The van der Waals surface area contributed by atoms with Crippen molar-refractivity contribution in [2.24, 2.45) is 7.05 Å². The van der Waals surface area contributed by atoms with Crippen molar-refractivity contribution in [3.05, 3.63) is 64.7 Å². The van der Waals surface area contributed by atoms with Gasteiger partial charge in [0.15, 0.2) is 11.0 Å². The van der Waals surface area contributed by atoms with Crippen LogP contribution in [0.15, 0.2) is 59.8 Å². The van der Waals surface area contributed by atoms with E-state index in [1.165, 1.54) is 23.9 Å². The van der Waals surface area contributed by atoms with Crippen molar-refractivity contribution in [2.45, 2.75) is 5.16 Å². The van der Waals surface area contributed by atoms with Crippen molar-refractivity contribution >= 4 is 29.0 Å². The van der Waals surface area contributed by atoms with Gasteiger partial charge in [-0.3, -0.25) is 14.9 Å². The Morgan fingerprint density at radius 1 is 1.10 bits per heavy atom. The number of hydrogen-bond acceptors (Lipinski definition) is 7. The summed E-state index contributed by atoms with van der Waals surface area (Å²) in [5.74, 6) is 0.878. The number of hydrogen-bond donors (Lipinski definition) is 2. The number of nitrogens with zero attached hydrogens (tertiary/aromatic N) is 4. The predicted octanol–water partition coefficient (Wildman–Crippen LogP) is 2.71. The summed E-state index contributed by atoms with van der Waals surface area (Å²) in [5, 5.41) is 25.6. The summed E-state index contributed by atoms with van der Waals surface area (Å²) in [6.07, 6.45) is 0. The molecule has 0 spiro atoms. The van der Waals surface area contributed by atoms with E-state index in [0.717, 1.165) is 17.1 Å². The van der Waals surface area contributed by atoms with Gasteiger partial charge >= 0.3 is 0 Å². The Morgan fingerprint density at radius 3 is 2.52 bits per heavy atom. The van der Waals surface area contributed by atoms with Crippen LogP contribution in [0.1, 0.15) is 0 Å². The standard InChI is InChI=1S/C19H20N6O3S/c1-24-18(14-5-3-2-4-6-14)22-23-19(24)29-13-17(26)21-12-11-20-15-7-9-16(10-8-15)25(27)28/h2-10,20H,11-13H2,1H3,(H,21,26). The zero-order chi connectivity index (χ0) is 20.6. The molecule has 0 radical (unpaired) electrons. The molecule has 150 valence electrons. The summed E-state index contributed by atoms with van der Waals surface area (Å²) in [4.78, 5) is 22.2. The molecule has 0 unspecified atom stereocenters. The first-order valence-electron chi connectivity index (χ1n) is 8.87. The molecule has 3 aromatic rings. The molecule has 1 amide bonds. The van der Waals surface area contributed by atoms with Crippen molar-refractivity contribution in [2.75, 3.05) is 24.2 Å². The lowest BCUT2D eigenvalue weighted by Crippen LogP contribution is -2.30. The number of nitro benzene ring substituents is 1. The quantitative estimate of drug-likeness (QED) is 0.240. The van der Waals surface area contributed by atoms with Crippen molar-refractivity contribution in [3.8, 4) is 11.4 Å². The van der Waals surface area contributed by atoms with Gasteiger partial charge in [0.05, 0.1) is 10.7 Å². The van der Waals surface area contributed by atoms with Crippen LogP contribution in [0.3, 0.4) is 0 Å². The lowest BCUT2D eigenvalue weighted by atomic mass is 10.2. The topological polar surface area (TPSA) is 115 Å². The molecule has 0 fully saturated rings. The van der Waals surface area contributed by atoms with Gasteiger partial charge in [-0.2, -0.15) is 0 Å². The fraction of sp³-hybridized carbons (Fsp3) is 0.211. The Hall–Kier alpha value is -3.40. The minimum absolute atomic E-state index is 0.0417. The second kappa shape index (κ2) is 9.69. The molecule has 2 aromatic carbocycles. The number of nitro groups is 1. The fourth-order valence-corrected chi connectivity index (χ4v) is 3.31. The van der Waals surface area contributed by atoms with Gasteiger partial charge in [-0.15, -0.1) is 10.2 Å². The van der Waals surface area contributed by atoms with Crippen molar-refractivity contribution in [3.63, 3.8) is 0 Å². The van der Waals surface area contributed by atoms with Crippen LogP contribution in [0.5, 0.6) is 0 Å². The number of non-ortho nitro benzene ring substituents is 1. The van der Waals surface area contributed by atoms with Crippen LogP contribution in [-0.2, 0) is 11.8 Å². The number of anilines is 1. The van der Waals surface area contributed by atoms with E-state index in [4.69, 9.17) is 0 Å². The Morgan fingerprint density at radius 2 is 1.83 bits per heavy atom. The van der Waals surface area contributed by atoms with E-state index in [1.807, 2.05) is 41.9 Å². The van der Waals surface area contributed by atoms with Crippen LogP contribution in [0.4, 0.5) is 11.4 Å². The highest BCUT2D eigenvalue weighted by molar-refractivity contribution is 7.99. The van der Waals surface area contributed by atoms with E-state index in [9.17, 15) is 14.9 Å². The van der Waals surface area contributed by atoms with Gasteiger partial charge in [-0.05, 0) is 12.1 Å². The summed E-state index contributed by atoms with van der Waals surface area (Å²) in [6.45, 7) is 0.945. The van der Waals surface area contributed by atoms with E-state index < -0.39 is 4.92 Å². The van der Waals surface area contributed by atoms with Crippen LogP contribution >= 0.6 is 11.8 Å². The molecule has 3 rings (SSSR count). The molecule has 0 aliphatic rings. The monoisotopic (exact) mass is 412 g/mol. The molecular formula is C19H20N6O3S. The second-order valence-electron chi connectivity index (χ2n) is 6.10. The molecule has 0 atom stereocenters. The first-order valence-corrected chi connectivity index (χ1v) is 9.86. The number of thioether (sulfide) groups is 1. The van der Waals surface area contributed by atoms with E-state index in [0.29, 0.717) is 18.2 Å². The van der Waals surface area contributed by atoms with Crippen LogP contribution < -0.4 is 10.6 Å². The molecule has 1 aromatic heterocycles. The summed E-state index contributed by atoms with van der Waals surface area (Å²) in [5.41, 5.74) is 1.77. The maximum atomic E-state index is 12.0. The third-order valence-corrected chi connectivity index (χ3v) is 5.07. The predicted molar refractivity (Wildman–Crippen MR) is 112 cm³/mol. The molecule has 10 heteroatoms. The molecule has 9 nitrogen and oxygen atoms in total. The first-order chi connectivity index (χ1) is 14.0. The highest BCUT2D eigenvalue weighted by atomic mass is 32.2. The van der Waals surface area contributed by atoms with Crippen molar-refractivity contribution in [1.29, 1.82) is 0 Å². The Labute approximate surface area is 171 Å². The SMILES string of the molecule is Cn1c(SCC(=O)NCCNc2ccc([N+](=O)[O-])cc2)nnc1-c1ccccc1. The maximum Gasteiger partial charge on any atom is 0.269 e. The second-order valence-corrected chi connectivity index (χ2v) is 7.04. The average molecular weight is 412 g/mol. The number of amides is 1. The van der Waals surface area contributed by atoms with Gasteiger partial charge in [0.2, 0.25) is 5.91 Å². The van der Waals surface area contributed by atoms with E-state index >= 15 is 0 Å². The minimum Gasteiger partial charge on any atom is -0.383 e. The fourth-order valence-electron chi connectivity index (χ4n) is 2.57. The maximum absolute atomic E-state index is 12.0. The number of carbonyl (C=O) groups excluding carboxylic acids is 1. The van der Waals surface area contributed by atoms with Crippen molar-refractivity contribution in [1.82, 2.24) is 20.1 Å². The molecule has 2 N–H and O–H groups in total. The third-order valence-electron chi connectivity index (χ3n) is 4.05. The van der Waals surface area contributed by atoms with Gasteiger partial charge in [0.25, 0.3) is 5.69 Å². The largest absolute Gasteiger partial charge is 0.383 e. The molecule has 0 bridgehead atoms. The minimum atomic E-state index is -0.443. The molecule has 29 heavy (non-hydrogen) atoms. The zero-order valence-electron chi connectivity index (χ0n) is 15.7. The number of aromatic nitrogens is 3. The Kier molecular flexibility index (Phi) is 6.80. The molecule has 1 heterocycles. The Bertz CT molecular complexity index is 975. The summed E-state index contributed by atoms with van der Waals surface area (Å²) >= 11 is 1.32. The molecule has 0 aliphatic heterocycles. The average Bonchev–Trinajstić information content (AvgIpc) is 3.11. The molecule has 0 aliphatic carbocycles. The number of carbonyl (C=O) groups is 1. The van der Waals surface area contributed by atoms with Gasteiger partial charge in [-0.1, -0.05) is 42.1 Å². The summed E-state index contributed by atoms with van der Waals surface area (Å²) < 4.78 is 1.86. The number of rotatable bonds is 9. The van der Waals surface area contributed by atoms with Gasteiger partial charge in [-0.25, -0.2) is 0 Å². The summed E-state index contributed by atoms with van der Waals surface area (Å²) in [7, 11) is 1.87. The lowest BCUT2D eigenvalue weighted by Gasteiger charge is -2.08. The van der Waals surface area contributed by atoms with E-state index in [1.54, 1.807) is 12.1 Å². The molecular weight excluding hydrogens is 392 g/mol. The first kappa shape index (κ1) is 20.3. The Balaban J connectivity index is 1.40. The highest BCUT2D eigenvalue weighted by Crippen LogP contribution is 2.22. The van der Waals surface area contributed by atoms with Crippen LogP contribution in [0.25, 0.3) is 11.4 Å². The third kappa shape index (κ3) is 5.55. The summed E-state index contributed by atoms with van der Waals surface area (Å²) in [6, 6.07) is 15.9. The van der Waals surface area contributed by atoms with E-state index in [2.05, 4.69) is 20.8 Å². The lowest BCUT2D eigenvalue weighted by molar-refractivity contribution is -0.384. The smallest absolute Gasteiger partial charge is 0.269 e. The van der Waals surface area contributed by atoms with Crippen molar-refractivity contribution < 1.29 is 9.72 Å². The molecule has 0 saturated heterocycles. The zero-order valence-corrected chi connectivity index (χ0v) is 16.6. The van der Waals surface area contributed by atoms with Gasteiger partial charge in [0.1, 0.15) is 0 Å². The van der Waals surface area contributed by atoms with Crippen LogP contribution in [-0.4, -0.2) is 44.4 Å². The highest BCUT2D eigenvalue weighted by Gasteiger charge is 2.12. The normalized spacial score (nSPS) is 10.5. The van der Waals surface area contributed by atoms with Gasteiger partial charge in [0, 0.05) is 43.5 Å². The number of nitrogens with one attached hydrogen (secondary N) is 2. The van der Waals surface area contributed by atoms with E-state index in [-0.39, 0.29) is 17.3 Å². The van der Waals surface area contributed by atoms with Gasteiger partial charge < -0.3 is 15.2 Å². The number of benzene rings is 2. The molecule has 0 saturated carbocycles. The van der Waals surface area contributed by atoms with Crippen LogP contribution in [0, 0.1) is 10.1 Å².